The zero-order valence-electron chi connectivity index (χ0n) is 13.2. The minimum atomic E-state index is 0.742. The molecule has 6 aliphatic rings. The lowest BCUT2D eigenvalue weighted by molar-refractivity contribution is -0.171. The molecule has 2 unspecified atom stereocenters. The Morgan fingerprint density at radius 1 is 1.00 bits per heavy atom. The summed E-state index contributed by atoms with van der Waals surface area (Å²) in [5, 5.41) is 7.40. The fourth-order valence-electron chi connectivity index (χ4n) is 6.46. The van der Waals surface area contributed by atoms with Crippen LogP contribution < -0.4 is 0 Å². The van der Waals surface area contributed by atoms with Gasteiger partial charge in [-0.1, -0.05) is 26.2 Å². The molecule has 6 saturated carbocycles. The monoisotopic (exact) mass is 275 g/mol. The molecule has 112 valence electrons. The molecule has 0 amide bonds. The lowest BCUT2D eigenvalue weighted by Gasteiger charge is -2.67. The van der Waals surface area contributed by atoms with Crippen molar-refractivity contribution in [1.29, 1.82) is 5.26 Å². The van der Waals surface area contributed by atoms with Gasteiger partial charge in [0.2, 0.25) is 0 Å². The Kier molecular flexibility index (Phi) is 3.51. The molecule has 6 rings (SSSR count). The molecule has 0 heterocycles. The zero-order valence-corrected chi connectivity index (χ0v) is 13.2. The highest BCUT2D eigenvalue weighted by Crippen LogP contribution is 2.77. The van der Waals surface area contributed by atoms with Gasteiger partial charge < -0.3 is 4.74 Å². The van der Waals surface area contributed by atoms with E-state index in [-0.39, 0.29) is 0 Å². The molecule has 0 aromatic rings. The summed E-state index contributed by atoms with van der Waals surface area (Å²) in [5.41, 5.74) is 2.43. The summed E-state index contributed by atoms with van der Waals surface area (Å²) in [5.74, 6) is 1.13. The number of hydrogen-bond donors (Lipinski definition) is 0. The van der Waals surface area contributed by atoms with Gasteiger partial charge in [0.15, 0.2) is 0 Å². The van der Waals surface area contributed by atoms with E-state index in [1.165, 1.54) is 26.2 Å². The third-order valence-electron chi connectivity index (χ3n) is 7.52. The summed E-state index contributed by atoms with van der Waals surface area (Å²) in [6.45, 7) is 2.66. The number of nitriles is 1. The Labute approximate surface area is 123 Å². The average Bonchev–Trinajstić information content (AvgIpc) is 2.50. The van der Waals surface area contributed by atoms with Crippen molar-refractivity contribution in [3.8, 4) is 6.26 Å². The van der Waals surface area contributed by atoms with Crippen LogP contribution in [0.4, 0.5) is 0 Å². The Morgan fingerprint density at radius 3 is 2.45 bits per heavy atom. The molecule has 2 nitrogen and oxygen atoms in total. The third-order valence-corrected chi connectivity index (χ3v) is 7.52. The molecule has 0 radical (unpaired) electrons. The maximum atomic E-state index is 7.40. The van der Waals surface area contributed by atoms with Gasteiger partial charge in [-0.3, -0.25) is 0 Å². The second kappa shape index (κ2) is 4.93. The van der Waals surface area contributed by atoms with E-state index in [0.29, 0.717) is 0 Å². The van der Waals surface area contributed by atoms with E-state index in [4.69, 9.17) is 5.26 Å². The summed E-state index contributed by atoms with van der Waals surface area (Å²) in [6, 6.07) is 0. The van der Waals surface area contributed by atoms with Gasteiger partial charge in [-0.05, 0) is 73.5 Å². The van der Waals surface area contributed by atoms with Crippen molar-refractivity contribution in [2.45, 2.75) is 77.6 Å². The Hall–Kier alpha value is -0.710. The maximum absolute atomic E-state index is 7.40. The minimum Gasteiger partial charge on any atom is -0.431 e. The van der Waals surface area contributed by atoms with Crippen LogP contribution in [0.2, 0.25) is 0 Å². The Balaban J connectivity index is 0.000000272. The second-order valence-electron chi connectivity index (χ2n) is 8.19. The normalized spacial score (nSPS) is 48.4. The van der Waals surface area contributed by atoms with Crippen LogP contribution in [0.5, 0.6) is 0 Å². The van der Waals surface area contributed by atoms with Crippen LogP contribution >= 0.6 is 0 Å². The number of fused-ring (bicyclic) bond motifs is 2. The molecule has 6 aliphatic carbocycles. The van der Waals surface area contributed by atoms with Gasteiger partial charge >= 0.3 is 0 Å². The minimum absolute atomic E-state index is 0.742. The summed E-state index contributed by atoms with van der Waals surface area (Å²) in [7, 11) is 1.32. The van der Waals surface area contributed by atoms with Gasteiger partial charge in [-0.2, -0.15) is 5.26 Å². The first kappa shape index (κ1) is 14.2. The molecule has 0 aromatic heterocycles. The predicted molar refractivity (Wildman–Crippen MR) is 79.9 cm³/mol. The first-order valence-electron chi connectivity index (χ1n) is 8.52. The van der Waals surface area contributed by atoms with E-state index < -0.39 is 0 Å². The maximum Gasteiger partial charge on any atom is 0.286 e. The molecule has 0 saturated heterocycles. The second-order valence-corrected chi connectivity index (χ2v) is 8.19. The summed E-state index contributed by atoms with van der Waals surface area (Å²) >= 11 is 0. The summed E-state index contributed by atoms with van der Waals surface area (Å²) in [4.78, 5) is 0. The van der Waals surface area contributed by atoms with Crippen molar-refractivity contribution in [3.05, 3.63) is 0 Å². The number of ether oxygens (including phenoxy) is 1. The molecule has 0 aliphatic heterocycles. The van der Waals surface area contributed by atoms with Crippen LogP contribution in [-0.4, -0.2) is 7.11 Å². The van der Waals surface area contributed by atoms with Gasteiger partial charge in [0.1, 0.15) is 0 Å². The SMILES string of the molecule is CC12CCCCC(CC1)C13CCCC2(C1)C3.COC#N. The average molecular weight is 275 g/mol. The first-order chi connectivity index (χ1) is 9.60. The van der Waals surface area contributed by atoms with E-state index in [1.807, 2.05) is 0 Å². The lowest BCUT2D eigenvalue weighted by atomic mass is 9.38. The summed E-state index contributed by atoms with van der Waals surface area (Å²) in [6.07, 6.45) is 18.8. The van der Waals surface area contributed by atoms with Gasteiger partial charge in [0.05, 0.1) is 7.11 Å². The molecule has 0 aromatic carbocycles. The van der Waals surface area contributed by atoms with E-state index >= 15 is 0 Å². The van der Waals surface area contributed by atoms with Gasteiger partial charge in [0, 0.05) is 0 Å². The Morgan fingerprint density at radius 2 is 1.75 bits per heavy atom. The van der Waals surface area contributed by atoms with Crippen LogP contribution in [0, 0.1) is 33.7 Å². The van der Waals surface area contributed by atoms with Crippen molar-refractivity contribution in [1.82, 2.24) is 0 Å². The van der Waals surface area contributed by atoms with Crippen molar-refractivity contribution < 1.29 is 4.74 Å². The molecular weight excluding hydrogens is 246 g/mol. The third kappa shape index (κ3) is 1.89. The smallest absolute Gasteiger partial charge is 0.286 e. The molecule has 4 bridgehead atoms. The summed E-state index contributed by atoms with van der Waals surface area (Å²) < 4.78 is 3.85. The zero-order chi connectivity index (χ0) is 14.3. The highest BCUT2D eigenvalue weighted by Gasteiger charge is 2.67. The van der Waals surface area contributed by atoms with E-state index in [9.17, 15) is 0 Å². The van der Waals surface area contributed by atoms with Crippen molar-refractivity contribution in [2.75, 3.05) is 7.11 Å². The van der Waals surface area contributed by atoms with Crippen molar-refractivity contribution in [3.63, 3.8) is 0 Å². The van der Waals surface area contributed by atoms with Crippen molar-refractivity contribution >= 4 is 0 Å². The largest absolute Gasteiger partial charge is 0.431 e. The molecule has 2 heteroatoms. The lowest BCUT2D eigenvalue weighted by Crippen LogP contribution is -2.57. The van der Waals surface area contributed by atoms with Crippen molar-refractivity contribution in [2.24, 2.45) is 22.2 Å². The van der Waals surface area contributed by atoms with Gasteiger partial charge in [-0.15, -0.1) is 0 Å². The fourth-order valence-corrected chi connectivity index (χ4v) is 6.46. The van der Waals surface area contributed by atoms with Gasteiger partial charge in [0.25, 0.3) is 6.26 Å². The highest BCUT2D eigenvalue weighted by atomic mass is 16.5. The van der Waals surface area contributed by atoms with Crippen LogP contribution in [0.3, 0.4) is 0 Å². The van der Waals surface area contributed by atoms with E-state index in [0.717, 1.165) is 22.2 Å². The molecule has 0 N–H and O–H groups in total. The molecule has 20 heavy (non-hydrogen) atoms. The first-order valence-corrected chi connectivity index (χ1v) is 8.52. The topological polar surface area (TPSA) is 33.0 Å². The predicted octanol–water partition coefficient (Wildman–Crippen LogP) is 5.04. The fraction of sp³-hybridized carbons (Fsp3) is 0.944. The number of hydrogen-bond acceptors (Lipinski definition) is 2. The van der Waals surface area contributed by atoms with Gasteiger partial charge in [-0.25, -0.2) is 0 Å². The van der Waals surface area contributed by atoms with Crippen LogP contribution in [0.1, 0.15) is 77.6 Å². The van der Waals surface area contributed by atoms with Crippen LogP contribution in [0.25, 0.3) is 0 Å². The number of nitrogens with zero attached hydrogens (tertiary/aromatic N) is 1. The molecule has 0 spiro atoms. The van der Waals surface area contributed by atoms with E-state index in [1.54, 1.807) is 57.8 Å². The van der Waals surface area contributed by atoms with Crippen LogP contribution in [0.15, 0.2) is 0 Å². The quantitative estimate of drug-likeness (QED) is 0.580. The van der Waals surface area contributed by atoms with E-state index in [2.05, 4.69) is 11.7 Å². The Bertz CT molecular complexity index is 404. The molecule has 6 fully saturated rings. The molecule has 2 atom stereocenters. The number of rotatable bonds is 0. The molecular formula is C18H29NO. The highest BCUT2D eigenvalue weighted by molar-refractivity contribution is 5.17. The standard InChI is InChI=1S/C16H26.C2H3NO/c1-14-7-3-2-5-13(6-10-14)15-8-4-9-16(14,11-15)12-15;1-4-2-3/h13H,2-12H2,1H3;1H3. The van der Waals surface area contributed by atoms with Crippen LogP contribution in [-0.2, 0) is 4.74 Å². The number of methoxy groups -OCH3 is 1.